The van der Waals surface area contributed by atoms with E-state index in [0.29, 0.717) is 36.3 Å². The summed E-state index contributed by atoms with van der Waals surface area (Å²) >= 11 is 3.51. The lowest BCUT2D eigenvalue weighted by molar-refractivity contribution is -0.129. The average molecular weight is 555 g/mol. The van der Waals surface area contributed by atoms with E-state index in [1.54, 1.807) is 11.8 Å². The average Bonchev–Trinajstić information content (AvgIpc) is 3.04. The first-order valence-electron chi connectivity index (χ1n) is 13.7. The van der Waals surface area contributed by atoms with Gasteiger partial charge >= 0.3 is 0 Å². The standard InChI is InChI=1S/C30H35FN2O3S2/c31-22-14-25-26(32-16-22)15-24(20-10-12-37-13-11-20)29(35)28(30(25)36)21-6-8-23(9-7-21)33-27(34)18-38-17-19-4-2-1-3-5-19/h1-5,14,16,20-21,23-24,28H,6-13,15,17-18H2,(H,33,34). The minimum atomic E-state index is -0.738. The van der Waals surface area contributed by atoms with Crippen molar-refractivity contribution in [3.05, 3.63) is 65.2 Å². The van der Waals surface area contributed by atoms with Crippen molar-refractivity contribution in [2.45, 2.75) is 56.7 Å². The lowest BCUT2D eigenvalue weighted by atomic mass is 9.70. The van der Waals surface area contributed by atoms with Gasteiger partial charge in [-0.05, 0) is 73.5 Å². The van der Waals surface area contributed by atoms with Crippen molar-refractivity contribution >= 4 is 41.0 Å². The van der Waals surface area contributed by atoms with Gasteiger partial charge in [0, 0.05) is 29.7 Å². The topological polar surface area (TPSA) is 76.1 Å². The number of hydrogen-bond donors (Lipinski definition) is 1. The van der Waals surface area contributed by atoms with Crippen LogP contribution < -0.4 is 5.32 Å². The Morgan fingerprint density at radius 2 is 1.76 bits per heavy atom. The second-order valence-corrected chi connectivity index (χ2v) is 13.0. The maximum Gasteiger partial charge on any atom is 0.230 e. The Morgan fingerprint density at radius 1 is 1.03 bits per heavy atom. The Labute approximate surface area is 232 Å². The molecule has 2 atom stereocenters. The van der Waals surface area contributed by atoms with E-state index in [1.165, 1.54) is 11.6 Å². The number of fused-ring (bicyclic) bond motifs is 1. The predicted octanol–water partition coefficient (Wildman–Crippen LogP) is 5.51. The zero-order chi connectivity index (χ0) is 26.5. The fourth-order valence-corrected chi connectivity index (χ4v) is 8.29. The highest BCUT2D eigenvalue weighted by Crippen LogP contribution is 2.41. The number of nitrogens with one attached hydrogen (secondary N) is 1. The van der Waals surface area contributed by atoms with E-state index in [-0.39, 0.29) is 41.3 Å². The summed E-state index contributed by atoms with van der Waals surface area (Å²) in [6.45, 7) is 0. The number of hydrogen-bond acceptors (Lipinski definition) is 6. The summed E-state index contributed by atoms with van der Waals surface area (Å²) in [7, 11) is 0. The fourth-order valence-electron chi connectivity index (χ4n) is 6.35. The molecule has 2 heterocycles. The Bertz CT molecular complexity index is 1150. The first-order valence-corrected chi connectivity index (χ1v) is 16.0. The molecule has 8 heteroatoms. The van der Waals surface area contributed by atoms with Crippen LogP contribution in [0.15, 0.2) is 42.6 Å². The Balaban J connectivity index is 1.22. The van der Waals surface area contributed by atoms with Crippen LogP contribution in [0.3, 0.4) is 0 Å². The quantitative estimate of drug-likeness (QED) is 0.359. The Morgan fingerprint density at radius 3 is 2.50 bits per heavy atom. The van der Waals surface area contributed by atoms with Crippen molar-refractivity contribution in [3.63, 3.8) is 0 Å². The maximum atomic E-state index is 14.1. The smallest absolute Gasteiger partial charge is 0.230 e. The second kappa shape index (κ2) is 12.8. The zero-order valence-corrected chi connectivity index (χ0v) is 23.2. The van der Waals surface area contributed by atoms with E-state index in [2.05, 4.69) is 22.4 Å². The highest BCUT2D eigenvalue weighted by molar-refractivity contribution is 7.99. The molecule has 202 valence electrons. The molecular weight excluding hydrogens is 519 g/mol. The summed E-state index contributed by atoms with van der Waals surface area (Å²) in [6.07, 6.45) is 6.44. The van der Waals surface area contributed by atoms with Crippen LogP contribution in [-0.2, 0) is 21.8 Å². The minimum absolute atomic E-state index is 0.0294. The van der Waals surface area contributed by atoms with Gasteiger partial charge < -0.3 is 5.32 Å². The molecule has 0 bridgehead atoms. The van der Waals surface area contributed by atoms with Crippen LogP contribution >= 0.6 is 23.5 Å². The summed E-state index contributed by atoms with van der Waals surface area (Å²) in [5.74, 6) is 1.75. The van der Waals surface area contributed by atoms with Crippen molar-refractivity contribution in [2.75, 3.05) is 17.3 Å². The van der Waals surface area contributed by atoms with E-state index in [4.69, 9.17) is 0 Å². The van der Waals surface area contributed by atoms with Crippen molar-refractivity contribution < 1.29 is 18.8 Å². The SMILES string of the molecule is O=C(CSCc1ccccc1)NC1CCC(C2C(=O)c3cc(F)cnc3CC(C3CCSCC3)C2=O)CC1. The van der Waals surface area contributed by atoms with E-state index in [9.17, 15) is 18.8 Å². The number of halogens is 1. The van der Waals surface area contributed by atoms with Gasteiger partial charge in [0.05, 0.1) is 23.6 Å². The third-order valence-corrected chi connectivity index (χ3v) is 10.4. The molecule has 0 spiro atoms. The number of thioether (sulfide) groups is 2. The van der Waals surface area contributed by atoms with E-state index in [1.807, 2.05) is 30.0 Å². The highest BCUT2D eigenvalue weighted by atomic mass is 32.2. The number of Topliss-reactive ketones (excluding diaryl/α,β-unsaturated/α-hetero) is 2. The van der Waals surface area contributed by atoms with Gasteiger partial charge in [-0.25, -0.2) is 4.39 Å². The van der Waals surface area contributed by atoms with Gasteiger partial charge in [0.2, 0.25) is 5.91 Å². The number of amides is 1. The van der Waals surface area contributed by atoms with Gasteiger partial charge in [0.1, 0.15) is 11.6 Å². The highest BCUT2D eigenvalue weighted by Gasteiger charge is 2.45. The molecule has 1 N–H and O–H groups in total. The molecule has 5 nitrogen and oxygen atoms in total. The monoisotopic (exact) mass is 554 g/mol. The molecule has 1 aromatic heterocycles. The minimum Gasteiger partial charge on any atom is -0.353 e. The number of carbonyl (C=O) groups is 3. The van der Waals surface area contributed by atoms with Gasteiger partial charge in [-0.1, -0.05) is 30.3 Å². The predicted molar refractivity (Wildman–Crippen MR) is 151 cm³/mol. The number of nitrogens with zero attached hydrogens (tertiary/aromatic N) is 1. The summed E-state index contributed by atoms with van der Waals surface area (Å²) < 4.78 is 14.1. The molecule has 2 aromatic rings. The van der Waals surface area contributed by atoms with Gasteiger partial charge in [-0.2, -0.15) is 11.8 Å². The number of pyridine rings is 1. The maximum absolute atomic E-state index is 14.1. The lowest BCUT2D eigenvalue weighted by Crippen LogP contribution is -2.43. The van der Waals surface area contributed by atoms with Crippen LogP contribution in [0.25, 0.3) is 0 Å². The molecule has 3 aliphatic rings. The van der Waals surface area contributed by atoms with Gasteiger partial charge in [0.25, 0.3) is 0 Å². The van der Waals surface area contributed by atoms with Crippen LogP contribution in [0.1, 0.15) is 60.1 Å². The molecule has 5 rings (SSSR count). The van der Waals surface area contributed by atoms with Gasteiger partial charge in [0.15, 0.2) is 5.78 Å². The van der Waals surface area contributed by atoms with Gasteiger partial charge in [-0.15, -0.1) is 11.8 Å². The van der Waals surface area contributed by atoms with Crippen molar-refractivity contribution in [1.82, 2.24) is 10.3 Å². The van der Waals surface area contributed by atoms with Crippen LogP contribution in [-0.4, -0.2) is 45.8 Å². The van der Waals surface area contributed by atoms with Gasteiger partial charge in [-0.3, -0.25) is 19.4 Å². The third-order valence-electron chi connectivity index (χ3n) is 8.36. The Kier molecular flexibility index (Phi) is 9.20. The van der Waals surface area contributed by atoms with Crippen LogP contribution in [0.4, 0.5) is 4.39 Å². The van der Waals surface area contributed by atoms with E-state index >= 15 is 0 Å². The fraction of sp³-hybridized carbons (Fsp3) is 0.533. The number of aromatic nitrogens is 1. The molecule has 1 saturated heterocycles. The molecular formula is C30H35FN2O3S2. The van der Waals surface area contributed by atoms with Crippen LogP contribution in [0.2, 0.25) is 0 Å². The van der Waals surface area contributed by atoms with E-state index in [0.717, 1.165) is 49.1 Å². The summed E-state index contributed by atoms with van der Waals surface area (Å²) in [4.78, 5) is 44.5. The zero-order valence-electron chi connectivity index (χ0n) is 21.6. The lowest BCUT2D eigenvalue weighted by Gasteiger charge is -2.35. The first-order chi connectivity index (χ1) is 18.5. The van der Waals surface area contributed by atoms with Crippen molar-refractivity contribution in [1.29, 1.82) is 0 Å². The number of carbonyl (C=O) groups excluding carboxylic acids is 3. The molecule has 2 fully saturated rings. The van der Waals surface area contributed by atoms with Crippen LogP contribution in [0, 0.1) is 29.5 Å². The molecule has 1 saturated carbocycles. The summed E-state index contributed by atoms with van der Waals surface area (Å²) in [5, 5.41) is 3.16. The number of rotatable bonds is 7. The van der Waals surface area contributed by atoms with Crippen molar-refractivity contribution in [3.8, 4) is 0 Å². The summed E-state index contributed by atoms with van der Waals surface area (Å²) in [6, 6.07) is 11.4. The number of benzene rings is 1. The Hall–Kier alpha value is -2.19. The molecule has 0 radical (unpaired) electrons. The third kappa shape index (κ3) is 6.50. The molecule has 1 aromatic carbocycles. The molecule has 2 unspecified atom stereocenters. The molecule has 38 heavy (non-hydrogen) atoms. The number of ketones is 2. The molecule has 1 aliphatic heterocycles. The second-order valence-electron chi connectivity index (χ2n) is 10.8. The van der Waals surface area contributed by atoms with Crippen LogP contribution in [0.5, 0.6) is 0 Å². The van der Waals surface area contributed by atoms with E-state index < -0.39 is 11.7 Å². The molecule has 2 aliphatic carbocycles. The first kappa shape index (κ1) is 27.4. The largest absolute Gasteiger partial charge is 0.353 e. The van der Waals surface area contributed by atoms with Crippen molar-refractivity contribution in [2.24, 2.45) is 23.7 Å². The summed E-state index contributed by atoms with van der Waals surface area (Å²) in [5.41, 5.74) is 2.07. The molecule has 1 amide bonds. The normalized spacial score (nSPS) is 26.4.